The molecule has 0 amide bonds. The first-order valence-corrected chi connectivity index (χ1v) is 8.33. The summed E-state index contributed by atoms with van der Waals surface area (Å²) in [6.07, 6.45) is -5.62. The Kier molecular flexibility index (Phi) is 6.41. The van der Waals surface area contributed by atoms with E-state index in [9.17, 15) is 35.1 Å². The smallest absolute Gasteiger partial charge is 0.366 e. The summed E-state index contributed by atoms with van der Waals surface area (Å²) in [7, 11) is 0. The summed E-state index contributed by atoms with van der Waals surface area (Å²) in [4.78, 5) is 22.7. The Morgan fingerprint density at radius 1 is 1.25 bits per heavy atom. The maximum Gasteiger partial charge on any atom is 0.366 e. The van der Waals surface area contributed by atoms with Crippen LogP contribution in [0.25, 0.3) is 0 Å². The molecular formula is C17H23NO10. The highest BCUT2D eigenvalue weighted by Gasteiger charge is 2.69. The third-order valence-electron chi connectivity index (χ3n) is 4.59. The summed E-state index contributed by atoms with van der Waals surface area (Å²) in [5.74, 6) is -5.57. The number of hydrogen-bond acceptors (Lipinski definition) is 10. The van der Waals surface area contributed by atoms with E-state index >= 15 is 0 Å². The van der Waals surface area contributed by atoms with Crippen molar-refractivity contribution in [1.82, 2.24) is 0 Å². The van der Waals surface area contributed by atoms with Crippen molar-refractivity contribution >= 4 is 11.8 Å². The minimum absolute atomic E-state index is 0.0191. The Balaban J connectivity index is 2.30. The lowest BCUT2D eigenvalue weighted by molar-refractivity contribution is -0.443. The summed E-state index contributed by atoms with van der Waals surface area (Å²) < 4.78 is 10.2. The van der Waals surface area contributed by atoms with Gasteiger partial charge >= 0.3 is 11.9 Å². The monoisotopic (exact) mass is 401 g/mol. The number of hydrogen-bond donors (Lipinski definition) is 7. The number of benzene rings is 1. The van der Waals surface area contributed by atoms with E-state index in [0.29, 0.717) is 5.56 Å². The lowest BCUT2D eigenvalue weighted by atomic mass is 9.82. The molecule has 1 aromatic carbocycles. The van der Waals surface area contributed by atoms with E-state index in [2.05, 4.69) is 0 Å². The highest BCUT2D eigenvalue weighted by Crippen LogP contribution is 2.39. The quantitative estimate of drug-likeness (QED) is 0.231. The van der Waals surface area contributed by atoms with Gasteiger partial charge < -0.3 is 45.8 Å². The van der Waals surface area contributed by atoms with Crippen LogP contribution in [0, 0.1) is 0 Å². The number of carboxylic acids is 1. The molecule has 1 heterocycles. The first-order chi connectivity index (χ1) is 13.0. The fourth-order valence-corrected chi connectivity index (χ4v) is 2.87. The van der Waals surface area contributed by atoms with Crippen molar-refractivity contribution in [3.8, 4) is 5.75 Å². The Bertz CT molecular complexity index is 725. The van der Waals surface area contributed by atoms with Crippen LogP contribution >= 0.6 is 0 Å². The first kappa shape index (κ1) is 22.2. The van der Waals surface area contributed by atoms with Crippen LogP contribution in [0.1, 0.15) is 12.5 Å². The lowest BCUT2D eigenvalue weighted by Gasteiger charge is -2.50. The number of carbonyl (C=O) groups excluding carboxylic acids is 1. The van der Waals surface area contributed by atoms with Crippen molar-refractivity contribution in [1.29, 1.82) is 0 Å². The van der Waals surface area contributed by atoms with Crippen LogP contribution in [-0.2, 0) is 20.7 Å². The van der Waals surface area contributed by atoms with Crippen molar-refractivity contribution in [2.45, 2.75) is 49.3 Å². The zero-order chi connectivity index (χ0) is 21.3. The molecule has 6 atom stereocenters. The van der Waals surface area contributed by atoms with Gasteiger partial charge in [0.1, 0.15) is 30.1 Å². The maximum atomic E-state index is 11.9. The zero-order valence-corrected chi connectivity index (χ0v) is 14.9. The highest BCUT2D eigenvalue weighted by atomic mass is 16.8. The molecule has 11 heteroatoms. The minimum atomic E-state index is -3.12. The number of aliphatic hydroxyl groups excluding tert-OH is 3. The summed E-state index contributed by atoms with van der Waals surface area (Å²) in [6.45, 7) is 0.00713. The van der Waals surface area contributed by atoms with Gasteiger partial charge in [-0.2, -0.15) is 0 Å². The van der Waals surface area contributed by atoms with E-state index < -0.39 is 54.3 Å². The van der Waals surface area contributed by atoms with E-state index in [1.807, 2.05) is 0 Å². The Morgan fingerprint density at radius 3 is 2.29 bits per heavy atom. The van der Waals surface area contributed by atoms with Gasteiger partial charge in [0.15, 0.2) is 5.78 Å². The molecule has 28 heavy (non-hydrogen) atoms. The number of ether oxygens (including phenoxy) is 2. The molecule has 0 radical (unpaired) electrons. The van der Waals surface area contributed by atoms with Gasteiger partial charge in [0.2, 0.25) is 5.60 Å². The fraction of sp³-hybridized carbons (Fsp3) is 0.529. The summed E-state index contributed by atoms with van der Waals surface area (Å²) in [5, 5.41) is 59.4. The molecule has 0 aromatic heterocycles. The normalized spacial score (nSPS) is 33.9. The Labute approximate surface area is 159 Å². The van der Waals surface area contributed by atoms with Crippen LogP contribution in [0.4, 0.5) is 0 Å². The lowest BCUT2D eigenvalue weighted by Crippen LogP contribution is -2.77. The van der Waals surface area contributed by atoms with Crippen LogP contribution < -0.4 is 10.5 Å². The van der Waals surface area contributed by atoms with E-state index in [-0.39, 0.29) is 12.2 Å². The van der Waals surface area contributed by atoms with Crippen molar-refractivity contribution in [3.63, 3.8) is 0 Å². The molecule has 1 aliphatic heterocycles. The number of nitrogens with two attached hydrogens (primary N) is 1. The third-order valence-corrected chi connectivity index (χ3v) is 4.59. The molecule has 1 aliphatic rings. The largest absolute Gasteiger partial charge is 0.480 e. The Hall–Kier alpha value is -2.12. The second-order valence-corrected chi connectivity index (χ2v) is 6.57. The van der Waals surface area contributed by atoms with Gasteiger partial charge in [0.25, 0.3) is 0 Å². The number of aliphatic hydroxyl groups is 5. The third kappa shape index (κ3) is 3.86. The van der Waals surface area contributed by atoms with Crippen molar-refractivity contribution in [2.75, 3.05) is 6.61 Å². The summed E-state index contributed by atoms with van der Waals surface area (Å²) in [5.41, 5.74) is 2.93. The van der Waals surface area contributed by atoms with Gasteiger partial charge in [-0.25, -0.2) is 0 Å². The van der Waals surface area contributed by atoms with Crippen LogP contribution in [0.2, 0.25) is 0 Å². The number of ketones is 1. The predicted molar refractivity (Wildman–Crippen MR) is 90.9 cm³/mol. The molecule has 2 rings (SSSR count). The molecule has 8 N–H and O–H groups in total. The van der Waals surface area contributed by atoms with Crippen molar-refractivity contribution < 1.29 is 49.7 Å². The van der Waals surface area contributed by atoms with Crippen molar-refractivity contribution in [3.05, 3.63) is 29.8 Å². The van der Waals surface area contributed by atoms with Gasteiger partial charge in [-0.1, -0.05) is 12.1 Å². The molecule has 11 nitrogen and oxygen atoms in total. The fourth-order valence-electron chi connectivity index (χ4n) is 2.87. The summed E-state index contributed by atoms with van der Waals surface area (Å²) in [6, 6.07) is 4.33. The van der Waals surface area contributed by atoms with E-state index in [1.165, 1.54) is 24.3 Å². The summed E-state index contributed by atoms with van der Waals surface area (Å²) >= 11 is 0. The number of carboxylic acid groups (broad SMARTS) is 1. The standard InChI is InChI=1S/C17H23NO10/c1-8(20)16(25)14(22)13(21)12(7-19)28-17(16,26)27-10-4-2-9(3-5-10)6-11(18)15(23)24/h2-5,11-14,19,21-22,25-26H,6-7,18H2,1H3,(H,23,24)/t11?,12-,13-,14+,16+,17?/m1/s1. The molecule has 0 saturated carbocycles. The second-order valence-electron chi connectivity index (χ2n) is 6.57. The highest BCUT2D eigenvalue weighted by molar-refractivity contribution is 5.86. The molecule has 1 saturated heterocycles. The molecule has 1 fully saturated rings. The van der Waals surface area contributed by atoms with Crippen LogP contribution in [0.3, 0.4) is 0 Å². The average Bonchev–Trinajstić information content (AvgIpc) is 2.64. The molecular weight excluding hydrogens is 378 g/mol. The molecule has 156 valence electrons. The number of carbonyl (C=O) groups is 2. The van der Waals surface area contributed by atoms with E-state index in [4.69, 9.17) is 20.3 Å². The zero-order valence-electron chi connectivity index (χ0n) is 14.9. The molecule has 0 bridgehead atoms. The van der Waals surface area contributed by atoms with E-state index in [0.717, 1.165) is 6.92 Å². The molecule has 1 aromatic rings. The Morgan fingerprint density at radius 2 is 1.82 bits per heavy atom. The van der Waals surface area contributed by atoms with Gasteiger partial charge in [0, 0.05) is 0 Å². The van der Waals surface area contributed by atoms with Gasteiger partial charge in [-0.15, -0.1) is 0 Å². The number of rotatable bonds is 7. The topological polar surface area (TPSA) is 200 Å². The van der Waals surface area contributed by atoms with Gasteiger partial charge in [0.05, 0.1) is 6.61 Å². The molecule has 2 unspecified atom stereocenters. The maximum absolute atomic E-state index is 11.9. The predicted octanol–water partition coefficient (Wildman–Crippen LogP) is -2.90. The minimum Gasteiger partial charge on any atom is -0.480 e. The van der Waals surface area contributed by atoms with Gasteiger partial charge in [-0.3, -0.25) is 9.59 Å². The van der Waals surface area contributed by atoms with Gasteiger partial charge in [-0.05, 0) is 31.0 Å². The molecule has 0 aliphatic carbocycles. The van der Waals surface area contributed by atoms with Crippen LogP contribution in [0.15, 0.2) is 24.3 Å². The number of Topliss-reactive ketones (excluding diaryl/α,β-unsaturated/α-hetero) is 1. The van der Waals surface area contributed by atoms with Crippen molar-refractivity contribution in [2.24, 2.45) is 5.73 Å². The SMILES string of the molecule is CC(=O)[C@]1(O)[C@@H](O)[C@H](O)[C@@H](CO)OC1(O)Oc1ccc(CC(N)C(=O)O)cc1. The van der Waals surface area contributed by atoms with Crippen LogP contribution in [0.5, 0.6) is 5.75 Å². The molecule has 0 spiro atoms. The number of aliphatic carboxylic acids is 1. The second kappa shape index (κ2) is 8.09. The van der Waals surface area contributed by atoms with E-state index in [1.54, 1.807) is 0 Å². The first-order valence-electron chi connectivity index (χ1n) is 8.33. The van der Waals surface area contributed by atoms with Crippen LogP contribution in [-0.4, -0.2) is 84.9 Å². The average molecular weight is 401 g/mol.